The smallest absolute Gasteiger partial charge is 0.407 e. The number of benzene rings is 1. The fourth-order valence-corrected chi connectivity index (χ4v) is 2.91. The van der Waals surface area contributed by atoms with Crippen LogP contribution in [-0.4, -0.2) is 118 Å². The number of alkyl carbamates (subject to hydrolysis) is 1. The van der Waals surface area contributed by atoms with E-state index in [9.17, 15) is 9.59 Å². The molecule has 0 bridgehead atoms. The molecule has 0 spiro atoms. The number of carbonyl (C=O) groups excluding carboxylic acids is 2. The van der Waals surface area contributed by atoms with Gasteiger partial charge in [-0.15, -0.1) is 0 Å². The van der Waals surface area contributed by atoms with Gasteiger partial charge in [-0.2, -0.15) is 0 Å². The lowest BCUT2D eigenvalue weighted by Crippen LogP contribution is -2.28. The van der Waals surface area contributed by atoms with Gasteiger partial charge in [-0.3, -0.25) is 4.79 Å². The minimum Gasteiger partial charge on any atom is -0.463 e. The number of esters is 1. The topological polar surface area (TPSA) is 129 Å². The van der Waals surface area contributed by atoms with Gasteiger partial charge in [0.15, 0.2) is 0 Å². The Kier molecular flexibility index (Phi) is 25.2. The van der Waals surface area contributed by atoms with Gasteiger partial charge in [0.1, 0.15) is 13.2 Å². The molecule has 0 aliphatic carbocycles. The molecule has 0 unspecified atom stereocenters. The van der Waals surface area contributed by atoms with Crippen LogP contribution in [0.15, 0.2) is 30.3 Å². The van der Waals surface area contributed by atoms with Crippen molar-refractivity contribution in [2.45, 2.75) is 26.4 Å². The predicted molar refractivity (Wildman–Crippen MR) is 146 cm³/mol. The van der Waals surface area contributed by atoms with Gasteiger partial charge in [-0.25, -0.2) is 4.79 Å². The summed E-state index contributed by atoms with van der Waals surface area (Å²) in [6.07, 6.45) is 0.751. The molecule has 0 aliphatic rings. The van der Waals surface area contributed by atoms with Crippen molar-refractivity contribution in [2.24, 2.45) is 0 Å². The van der Waals surface area contributed by atoms with Crippen molar-refractivity contribution < 1.29 is 52.2 Å². The molecular formula is C28H47NO11. The van der Waals surface area contributed by atoms with Crippen molar-refractivity contribution in [3.8, 4) is 0 Å². The van der Waals surface area contributed by atoms with Crippen molar-refractivity contribution in [3.05, 3.63) is 35.9 Å². The Morgan fingerprint density at radius 1 is 0.575 bits per heavy atom. The van der Waals surface area contributed by atoms with Gasteiger partial charge in [0, 0.05) is 13.0 Å². The number of carbonyl (C=O) groups is 2. The molecule has 0 aliphatic heterocycles. The van der Waals surface area contributed by atoms with Crippen molar-refractivity contribution in [3.63, 3.8) is 0 Å². The van der Waals surface area contributed by atoms with Gasteiger partial charge in [0.05, 0.1) is 92.5 Å². The number of hydrogen-bond acceptors (Lipinski definition) is 11. The molecular weight excluding hydrogens is 526 g/mol. The SMILES string of the molecule is CCCC(=O)OCCOCCOCCOCCOCCOCCOCCOCCNC(=O)OCc1ccccc1. The van der Waals surface area contributed by atoms with Crippen LogP contribution >= 0.6 is 0 Å². The second-order valence-corrected chi connectivity index (χ2v) is 8.25. The van der Waals surface area contributed by atoms with E-state index in [0.29, 0.717) is 105 Å². The van der Waals surface area contributed by atoms with Crippen LogP contribution in [0.4, 0.5) is 4.79 Å². The summed E-state index contributed by atoms with van der Waals surface area (Å²) >= 11 is 0. The van der Waals surface area contributed by atoms with Crippen molar-refractivity contribution >= 4 is 12.1 Å². The summed E-state index contributed by atoms with van der Waals surface area (Å²) in [5.74, 6) is -0.192. The van der Waals surface area contributed by atoms with Crippen LogP contribution in [0.5, 0.6) is 0 Å². The molecule has 1 rings (SSSR count). The fourth-order valence-electron chi connectivity index (χ4n) is 2.91. The molecule has 40 heavy (non-hydrogen) atoms. The third kappa shape index (κ3) is 24.7. The normalized spacial score (nSPS) is 10.9. The van der Waals surface area contributed by atoms with Gasteiger partial charge >= 0.3 is 12.1 Å². The van der Waals surface area contributed by atoms with Crippen LogP contribution in [0.2, 0.25) is 0 Å². The van der Waals surface area contributed by atoms with E-state index in [1.165, 1.54) is 0 Å². The quantitative estimate of drug-likeness (QED) is 0.117. The molecule has 0 saturated carbocycles. The molecule has 0 fully saturated rings. The molecule has 1 N–H and O–H groups in total. The zero-order valence-corrected chi connectivity index (χ0v) is 23.8. The molecule has 0 saturated heterocycles. The van der Waals surface area contributed by atoms with E-state index < -0.39 is 6.09 Å². The van der Waals surface area contributed by atoms with Crippen LogP contribution in [0.1, 0.15) is 25.3 Å². The largest absolute Gasteiger partial charge is 0.463 e. The van der Waals surface area contributed by atoms with E-state index in [0.717, 1.165) is 12.0 Å². The Labute approximate surface area is 237 Å². The first-order valence-corrected chi connectivity index (χ1v) is 13.9. The molecule has 0 heterocycles. The monoisotopic (exact) mass is 573 g/mol. The van der Waals surface area contributed by atoms with E-state index in [1.807, 2.05) is 37.3 Å². The van der Waals surface area contributed by atoms with Crippen molar-refractivity contribution in [1.82, 2.24) is 5.32 Å². The highest BCUT2D eigenvalue weighted by Gasteiger charge is 2.02. The van der Waals surface area contributed by atoms with Crippen molar-refractivity contribution in [1.29, 1.82) is 0 Å². The number of amides is 1. The first-order chi connectivity index (χ1) is 19.7. The summed E-state index contributed by atoms with van der Waals surface area (Å²) in [6.45, 7) is 9.16. The zero-order valence-electron chi connectivity index (χ0n) is 23.8. The molecule has 12 nitrogen and oxygen atoms in total. The van der Waals surface area contributed by atoms with E-state index in [1.54, 1.807) is 0 Å². The predicted octanol–water partition coefficient (Wildman–Crippen LogP) is 2.37. The Bertz CT molecular complexity index is 709. The average molecular weight is 574 g/mol. The van der Waals surface area contributed by atoms with Gasteiger partial charge in [0.25, 0.3) is 0 Å². The summed E-state index contributed by atoms with van der Waals surface area (Å²) in [5, 5.41) is 2.63. The van der Waals surface area contributed by atoms with Crippen LogP contribution < -0.4 is 5.32 Å². The Morgan fingerprint density at radius 2 is 1.00 bits per heavy atom. The van der Waals surface area contributed by atoms with Crippen molar-refractivity contribution in [2.75, 3.05) is 106 Å². The zero-order chi connectivity index (χ0) is 28.8. The molecule has 1 aromatic rings. The second kappa shape index (κ2) is 28.2. The molecule has 0 atom stereocenters. The molecule has 12 heteroatoms. The van der Waals surface area contributed by atoms with Gasteiger partial charge in [0.2, 0.25) is 0 Å². The highest BCUT2D eigenvalue weighted by atomic mass is 16.6. The van der Waals surface area contributed by atoms with Gasteiger partial charge in [-0.05, 0) is 12.0 Å². The van der Waals surface area contributed by atoms with E-state index in [-0.39, 0.29) is 19.2 Å². The fraction of sp³-hybridized carbons (Fsp3) is 0.714. The third-order valence-corrected chi connectivity index (χ3v) is 4.91. The van der Waals surface area contributed by atoms with E-state index >= 15 is 0 Å². The number of nitrogens with one attached hydrogen (secondary N) is 1. The number of ether oxygens (including phenoxy) is 9. The Balaban J connectivity index is 1.67. The van der Waals surface area contributed by atoms with E-state index in [2.05, 4.69) is 5.32 Å². The van der Waals surface area contributed by atoms with Crippen LogP contribution in [0.25, 0.3) is 0 Å². The highest BCUT2D eigenvalue weighted by Crippen LogP contribution is 2.00. The average Bonchev–Trinajstić information content (AvgIpc) is 2.96. The third-order valence-electron chi connectivity index (χ3n) is 4.91. The molecule has 1 aromatic carbocycles. The van der Waals surface area contributed by atoms with E-state index in [4.69, 9.17) is 42.6 Å². The van der Waals surface area contributed by atoms with Crippen LogP contribution in [0, 0.1) is 0 Å². The minimum absolute atomic E-state index is 0.192. The summed E-state index contributed by atoms with van der Waals surface area (Å²) in [6, 6.07) is 9.49. The lowest BCUT2D eigenvalue weighted by Gasteiger charge is -2.09. The maximum Gasteiger partial charge on any atom is 0.407 e. The second-order valence-electron chi connectivity index (χ2n) is 8.25. The number of hydrogen-bond donors (Lipinski definition) is 1. The lowest BCUT2D eigenvalue weighted by atomic mass is 10.2. The van der Waals surface area contributed by atoms with Crippen LogP contribution in [-0.2, 0) is 54.0 Å². The summed E-state index contributed by atoms with van der Waals surface area (Å²) in [4.78, 5) is 22.8. The maximum atomic E-state index is 11.6. The highest BCUT2D eigenvalue weighted by molar-refractivity contribution is 5.69. The molecule has 0 radical (unpaired) electrons. The summed E-state index contributed by atoms with van der Waals surface area (Å²) < 4.78 is 47.9. The van der Waals surface area contributed by atoms with Crippen LogP contribution in [0.3, 0.4) is 0 Å². The molecule has 230 valence electrons. The first-order valence-electron chi connectivity index (χ1n) is 13.9. The summed E-state index contributed by atoms with van der Waals surface area (Å²) in [7, 11) is 0. The Morgan fingerprint density at radius 3 is 1.45 bits per heavy atom. The Hall–Kier alpha value is -2.32. The standard InChI is InChI=1S/C28H47NO11/c1-2-6-27(30)39-24-23-38-22-21-37-20-19-36-18-17-35-16-15-34-14-13-33-12-11-32-10-9-29-28(31)40-25-26-7-4-3-5-8-26/h3-5,7-8H,2,6,9-25H2,1H3,(H,29,31). The number of rotatable bonds is 28. The summed E-state index contributed by atoms with van der Waals surface area (Å²) in [5.41, 5.74) is 0.936. The first kappa shape index (κ1) is 35.7. The molecule has 0 aromatic heterocycles. The van der Waals surface area contributed by atoms with Gasteiger partial charge < -0.3 is 47.9 Å². The lowest BCUT2D eigenvalue weighted by molar-refractivity contribution is -0.145. The maximum absolute atomic E-state index is 11.6. The molecule has 1 amide bonds. The minimum atomic E-state index is -0.471. The van der Waals surface area contributed by atoms with Gasteiger partial charge in [-0.1, -0.05) is 37.3 Å².